The lowest BCUT2D eigenvalue weighted by atomic mass is 10.0. The van der Waals surface area contributed by atoms with Gasteiger partial charge < -0.3 is 14.6 Å². The molecule has 0 aliphatic carbocycles. The number of likely N-dealkylation sites (tertiary alicyclic amines) is 1. The van der Waals surface area contributed by atoms with Gasteiger partial charge in [0.05, 0.1) is 12.0 Å². The Labute approximate surface area is 130 Å². The van der Waals surface area contributed by atoms with E-state index in [9.17, 15) is 10.2 Å². The summed E-state index contributed by atoms with van der Waals surface area (Å²) in [7, 11) is 0. The van der Waals surface area contributed by atoms with E-state index in [0.717, 1.165) is 25.1 Å². The molecule has 0 spiro atoms. The highest BCUT2D eigenvalue weighted by Crippen LogP contribution is 2.29. The van der Waals surface area contributed by atoms with Crippen LogP contribution >= 0.6 is 0 Å². The third-order valence-corrected chi connectivity index (χ3v) is 4.31. The summed E-state index contributed by atoms with van der Waals surface area (Å²) in [4.78, 5) is 6.71. The van der Waals surface area contributed by atoms with Crippen molar-refractivity contribution in [3.8, 4) is 5.75 Å². The SMILES string of the molecule is Cc1ccc(O)c(CN2CCCC2CC(O)c2ccco2)n1. The lowest BCUT2D eigenvalue weighted by molar-refractivity contribution is 0.0988. The van der Waals surface area contributed by atoms with Crippen LogP contribution in [0.3, 0.4) is 0 Å². The topological polar surface area (TPSA) is 69.7 Å². The van der Waals surface area contributed by atoms with E-state index in [0.29, 0.717) is 24.4 Å². The molecule has 2 aromatic heterocycles. The average Bonchev–Trinajstić information content (AvgIpc) is 3.15. The monoisotopic (exact) mass is 302 g/mol. The Morgan fingerprint density at radius 2 is 2.27 bits per heavy atom. The molecular weight excluding hydrogens is 280 g/mol. The molecule has 1 aliphatic rings. The van der Waals surface area contributed by atoms with Gasteiger partial charge in [-0.15, -0.1) is 0 Å². The second-order valence-corrected chi connectivity index (χ2v) is 5.95. The van der Waals surface area contributed by atoms with Crippen LogP contribution < -0.4 is 0 Å². The van der Waals surface area contributed by atoms with Crippen molar-refractivity contribution in [1.29, 1.82) is 0 Å². The van der Waals surface area contributed by atoms with Crippen LogP contribution in [0.5, 0.6) is 5.75 Å². The van der Waals surface area contributed by atoms with Gasteiger partial charge in [-0.05, 0) is 57.0 Å². The first-order chi connectivity index (χ1) is 10.6. The van der Waals surface area contributed by atoms with Gasteiger partial charge in [0.1, 0.15) is 17.6 Å². The molecule has 22 heavy (non-hydrogen) atoms. The normalized spacial score (nSPS) is 20.4. The molecular formula is C17H22N2O3. The fraction of sp³-hybridized carbons (Fsp3) is 0.471. The molecule has 2 atom stereocenters. The van der Waals surface area contributed by atoms with E-state index in [1.807, 2.05) is 6.92 Å². The Kier molecular flexibility index (Phi) is 4.45. The average molecular weight is 302 g/mol. The maximum atomic E-state index is 10.3. The summed E-state index contributed by atoms with van der Waals surface area (Å²) >= 11 is 0. The lowest BCUT2D eigenvalue weighted by Gasteiger charge is -2.25. The quantitative estimate of drug-likeness (QED) is 0.889. The number of aromatic nitrogens is 1. The number of rotatable bonds is 5. The van der Waals surface area contributed by atoms with Gasteiger partial charge in [-0.3, -0.25) is 9.88 Å². The van der Waals surface area contributed by atoms with Crippen LogP contribution in [0.2, 0.25) is 0 Å². The number of furan rings is 1. The van der Waals surface area contributed by atoms with E-state index < -0.39 is 6.10 Å². The number of aliphatic hydroxyl groups is 1. The zero-order chi connectivity index (χ0) is 15.5. The zero-order valence-electron chi connectivity index (χ0n) is 12.8. The molecule has 2 N–H and O–H groups in total. The minimum atomic E-state index is -0.584. The summed E-state index contributed by atoms with van der Waals surface area (Å²) in [6, 6.07) is 7.38. The van der Waals surface area contributed by atoms with Crippen molar-refractivity contribution >= 4 is 0 Å². The smallest absolute Gasteiger partial charge is 0.138 e. The molecule has 2 unspecified atom stereocenters. The van der Waals surface area contributed by atoms with E-state index in [1.165, 1.54) is 0 Å². The van der Waals surface area contributed by atoms with Gasteiger partial charge in [0.2, 0.25) is 0 Å². The van der Waals surface area contributed by atoms with Crippen molar-refractivity contribution in [2.75, 3.05) is 6.54 Å². The molecule has 2 aromatic rings. The maximum absolute atomic E-state index is 10.3. The van der Waals surface area contributed by atoms with E-state index in [4.69, 9.17) is 4.42 Å². The van der Waals surface area contributed by atoms with E-state index in [-0.39, 0.29) is 11.8 Å². The molecule has 0 saturated carbocycles. The second kappa shape index (κ2) is 6.50. The van der Waals surface area contributed by atoms with Crippen molar-refractivity contribution in [3.05, 3.63) is 47.7 Å². The lowest BCUT2D eigenvalue weighted by Crippen LogP contribution is -2.30. The van der Waals surface area contributed by atoms with Crippen LogP contribution in [0.15, 0.2) is 34.9 Å². The van der Waals surface area contributed by atoms with Crippen LogP contribution in [0.4, 0.5) is 0 Å². The van der Waals surface area contributed by atoms with Crippen LogP contribution in [0.1, 0.15) is 42.5 Å². The zero-order valence-corrected chi connectivity index (χ0v) is 12.8. The minimum Gasteiger partial charge on any atom is -0.506 e. The largest absolute Gasteiger partial charge is 0.506 e. The first-order valence-electron chi connectivity index (χ1n) is 7.74. The van der Waals surface area contributed by atoms with E-state index in [1.54, 1.807) is 30.5 Å². The fourth-order valence-corrected chi connectivity index (χ4v) is 3.14. The van der Waals surface area contributed by atoms with Crippen LogP contribution in [0.25, 0.3) is 0 Å². The summed E-state index contributed by atoms with van der Waals surface area (Å²) in [5.74, 6) is 0.853. The number of nitrogens with zero attached hydrogens (tertiary/aromatic N) is 2. The van der Waals surface area contributed by atoms with Crippen LogP contribution in [0, 0.1) is 6.92 Å². The van der Waals surface area contributed by atoms with Crippen molar-refractivity contribution in [1.82, 2.24) is 9.88 Å². The molecule has 1 aliphatic heterocycles. The first-order valence-corrected chi connectivity index (χ1v) is 7.74. The molecule has 5 heteroatoms. The highest BCUT2D eigenvalue weighted by molar-refractivity contribution is 5.27. The molecule has 3 rings (SSSR count). The molecule has 5 nitrogen and oxygen atoms in total. The van der Waals surface area contributed by atoms with E-state index >= 15 is 0 Å². The van der Waals surface area contributed by atoms with Crippen molar-refractivity contribution in [2.24, 2.45) is 0 Å². The van der Waals surface area contributed by atoms with Crippen LogP contribution in [-0.2, 0) is 6.54 Å². The van der Waals surface area contributed by atoms with Gasteiger partial charge >= 0.3 is 0 Å². The predicted octanol–water partition coefficient (Wildman–Crippen LogP) is 2.78. The van der Waals surface area contributed by atoms with Crippen molar-refractivity contribution < 1.29 is 14.6 Å². The van der Waals surface area contributed by atoms with Crippen LogP contribution in [-0.4, -0.2) is 32.7 Å². The van der Waals surface area contributed by atoms with Gasteiger partial charge in [-0.2, -0.15) is 0 Å². The van der Waals surface area contributed by atoms with Gasteiger partial charge in [0.15, 0.2) is 0 Å². The van der Waals surface area contributed by atoms with Gasteiger partial charge in [0.25, 0.3) is 0 Å². The Morgan fingerprint density at radius 1 is 1.41 bits per heavy atom. The Bertz CT molecular complexity index is 612. The molecule has 1 fully saturated rings. The Balaban J connectivity index is 1.67. The van der Waals surface area contributed by atoms with Crippen molar-refractivity contribution in [2.45, 2.75) is 44.9 Å². The number of aryl methyl sites for hydroxylation is 1. The predicted molar refractivity (Wildman–Crippen MR) is 82.4 cm³/mol. The third kappa shape index (κ3) is 3.31. The second-order valence-electron chi connectivity index (χ2n) is 5.95. The number of hydrogen-bond donors (Lipinski definition) is 2. The summed E-state index contributed by atoms with van der Waals surface area (Å²) in [5.41, 5.74) is 1.61. The first kappa shape index (κ1) is 15.1. The van der Waals surface area contributed by atoms with Crippen molar-refractivity contribution in [3.63, 3.8) is 0 Å². The molecule has 0 radical (unpaired) electrons. The highest BCUT2D eigenvalue weighted by atomic mass is 16.4. The molecule has 0 amide bonds. The number of aliphatic hydroxyl groups excluding tert-OH is 1. The molecule has 0 bridgehead atoms. The van der Waals surface area contributed by atoms with E-state index in [2.05, 4.69) is 9.88 Å². The fourth-order valence-electron chi connectivity index (χ4n) is 3.14. The molecule has 0 aromatic carbocycles. The minimum absolute atomic E-state index is 0.239. The van der Waals surface area contributed by atoms with Gasteiger partial charge in [-0.25, -0.2) is 0 Å². The summed E-state index contributed by atoms with van der Waals surface area (Å²) < 4.78 is 5.27. The summed E-state index contributed by atoms with van der Waals surface area (Å²) in [5, 5.41) is 20.2. The third-order valence-electron chi connectivity index (χ3n) is 4.31. The Morgan fingerprint density at radius 3 is 3.05 bits per heavy atom. The standard InChI is InChI=1S/C17H22N2O3/c1-12-6-7-15(20)14(18-12)11-19-8-2-4-13(19)10-16(21)17-5-3-9-22-17/h3,5-7,9,13,16,20-21H,2,4,8,10-11H2,1H3. The maximum Gasteiger partial charge on any atom is 0.138 e. The summed E-state index contributed by atoms with van der Waals surface area (Å²) in [6.07, 6.45) is 3.78. The number of aromatic hydroxyl groups is 1. The molecule has 118 valence electrons. The number of hydrogen-bond acceptors (Lipinski definition) is 5. The van der Waals surface area contributed by atoms with Gasteiger partial charge in [-0.1, -0.05) is 0 Å². The highest BCUT2D eigenvalue weighted by Gasteiger charge is 2.28. The molecule has 3 heterocycles. The number of pyridine rings is 1. The summed E-state index contributed by atoms with van der Waals surface area (Å²) in [6.45, 7) is 3.50. The molecule has 1 saturated heterocycles. The van der Waals surface area contributed by atoms with Gasteiger partial charge in [0, 0.05) is 18.3 Å². The Hall–Kier alpha value is -1.85.